The highest BCUT2D eigenvalue weighted by atomic mass is 32.2. The molecule has 4 nitrogen and oxygen atoms in total. The molecule has 0 saturated carbocycles. The average molecular weight is 359 g/mol. The lowest BCUT2D eigenvalue weighted by molar-refractivity contribution is -0.123. The molecular formula is C21H17N3OS. The number of carbonyl (C=O) groups is 1. The number of nitrogens with one attached hydrogen (secondary N) is 1. The van der Waals surface area contributed by atoms with Crippen molar-refractivity contribution < 1.29 is 4.79 Å². The van der Waals surface area contributed by atoms with E-state index in [9.17, 15) is 15.3 Å². The van der Waals surface area contributed by atoms with E-state index in [-0.39, 0.29) is 5.91 Å². The Hall–Kier alpha value is -3.02. The molecule has 0 radical (unpaired) electrons. The Labute approximate surface area is 157 Å². The first-order chi connectivity index (χ1) is 12.7. The van der Waals surface area contributed by atoms with Crippen molar-refractivity contribution in [2.24, 2.45) is 5.92 Å². The first-order valence-corrected chi connectivity index (χ1v) is 9.21. The molecule has 1 heterocycles. The molecule has 1 N–H and O–H groups in total. The fourth-order valence-corrected chi connectivity index (χ4v) is 4.09. The summed E-state index contributed by atoms with van der Waals surface area (Å²) in [7, 11) is 0. The molecule has 0 aliphatic carbocycles. The second kappa shape index (κ2) is 7.91. The molecule has 1 amide bonds. The molecule has 5 heteroatoms. The van der Waals surface area contributed by atoms with Crippen molar-refractivity contribution in [1.82, 2.24) is 5.32 Å². The van der Waals surface area contributed by atoms with Crippen LogP contribution in [-0.4, -0.2) is 5.91 Å². The molecule has 1 aliphatic rings. The van der Waals surface area contributed by atoms with Crippen molar-refractivity contribution in [2.75, 3.05) is 0 Å². The lowest BCUT2D eigenvalue weighted by atomic mass is 9.78. The fraction of sp³-hybridized carbons (Fsp3) is 0.190. The number of nitrogens with zero attached hydrogens (tertiary/aromatic N) is 2. The van der Waals surface area contributed by atoms with E-state index in [1.54, 1.807) is 0 Å². The zero-order valence-corrected chi connectivity index (χ0v) is 15.1. The number of nitriles is 2. The van der Waals surface area contributed by atoms with Crippen molar-refractivity contribution >= 4 is 17.7 Å². The topological polar surface area (TPSA) is 76.7 Å². The van der Waals surface area contributed by atoms with Crippen LogP contribution in [-0.2, 0) is 10.5 Å². The third-order valence-corrected chi connectivity index (χ3v) is 5.51. The molecule has 0 fully saturated rings. The maximum absolute atomic E-state index is 12.5. The molecule has 0 saturated heterocycles. The number of allylic oxidation sites excluding steroid dienone is 1. The lowest BCUT2D eigenvalue weighted by Gasteiger charge is -2.29. The molecule has 2 aromatic carbocycles. The van der Waals surface area contributed by atoms with Crippen molar-refractivity contribution in [3.8, 4) is 12.1 Å². The van der Waals surface area contributed by atoms with Crippen LogP contribution in [0.5, 0.6) is 0 Å². The van der Waals surface area contributed by atoms with E-state index in [2.05, 4.69) is 17.5 Å². The van der Waals surface area contributed by atoms with Gasteiger partial charge in [0.15, 0.2) is 0 Å². The van der Waals surface area contributed by atoms with Crippen LogP contribution in [0.25, 0.3) is 0 Å². The molecule has 3 rings (SSSR count). The van der Waals surface area contributed by atoms with Crippen LogP contribution in [0, 0.1) is 35.5 Å². The maximum atomic E-state index is 12.5. The Balaban J connectivity index is 2.01. The molecular weight excluding hydrogens is 342 g/mol. The monoisotopic (exact) mass is 359 g/mol. The van der Waals surface area contributed by atoms with Crippen LogP contribution in [0.3, 0.4) is 0 Å². The van der Waals surface area contributed by atoms with Gasteiger partial charge >= 0.3 is 0 Å². The Morgan fingerprint density at radius 3 is 2.42 bits per heavy atom. The van der Waals surface area contributed by atoms with Crippen molar-refractivity contribution in [3.63, 3.8) is 0 Å². The quantitative estimate of drug-likeness (QED) is 0.894. The predicted molar refractivity (Wildman–Crippen MR) is 102 cm³/mol. The van der Waals surface area contributed by atoms with E-state index in [1.165, 1.54) is 11.8 Å². The SMILES string of the molecule is Cc1ccccc1[C@@H]1C(C#N)=C(SCc2ccccc2)NC(=O)[C@H]1C#N. The zero-order chi connectivity index (χ0) is 18.5. The fourth-order valence-electron chi connectivity index (χ4n) is 3.08. The molecule has 26 heavy (non-hydrogen) atoms. The van der Waals surface area contributed by atoms with Gasteiger partial charge in [0, 0.05) is 11.7 Å². The van der Waals surface area contributed by atoms with Gasteiger partial charge in [-0.3, -0.25) is 4.79 Å². The number of aryl methyl sites for hydroxylation is 1. The summed E-state index contributed by atoms with van der Waals surface area (Å²) in [5, 5.41) is 22.7. The van der Waals surface area contributed by atoms with E-state index >= 15 is 0 Å². The summed E-state index contributed by atoms with van der Waals surface area (Å²) in [6.45, 7) is 1.93. The molecule has 0 unspecified atom stereocenters. The number of hydrogen-bond donors (Lipinski definition) is 1. The molecule has 0 spiro atoms. The summed E-state index contributed by atoms with van der Waals surface area (Å²) in [5.41, 5.74) is 3.37. The number of hydrogen-bond acceptors (Lipinski definition) is 4. The van der Waals surface area contributed by atoms with Crippen LogP contribution in [0.15, 0.2) is 65.2 Å². The van der Waals surface area contributed by atoms with Gasteiger partial charge < -0.3 is 5.32 Å². The third kappa shape index (κ3) is 3.49. The molecule has 2 aromatic rings. The minimum absolute atomic E-state index is 0.352. The van der Waals surface area contributed by atoms with E-state index in [1.807, 2.05) is 61.5 Å². The third-order valence-electron chi connectivity index (χ3n) is 4.42. The second-order valence-corrected chi connectivity index (χ2v) is 7.04. The highest BCUT2D eigenvalue weighted by Crippen LogP contribution is 2.40. The number of rotatable bonds is 4. The smallest absolute Gasteiger partial charge is 0.243 e. The molecule has 0 bridgehead atoms. The van der Waals surface area contributed by atoms with Gasteiger partial charge in [-0.25, -0.2) is 0 Å². The Morgan fingerprint density at radius 1 is 1.08 bits per heavy atom. The van der Waals surface area contributed by atoms with Gasteiger partial charge in [0.25, 0.3) is 0 Å². The number of thioether (sulfide) groups is 1. The van der Waals surface area contributed by atoms with E-state index < -0.39 is 11.8 Å². The van der Waals surface area contributed by atoms with Gasteiger partial charge in [-0.2, -0.15) is 10.5 Å². The number of amides is 1. The molecule has 128 valence electrons. The molecule has 2 atom stereocenters. The Bertz CT molecular complexity index is 938. The van der Waals surface area contributed by atoms with E-state index in [4.69, 9.17) is 0 Å². The predicted octanol–water partition coefficient (Wildman–Crippen LogP) is 4.02. The van der Waals surface area contributed by atoms with Crippen molar-refractivity contribution in [3.05, 3.63) is 81.9 Å². The maximum Gasteiger partial charge on any atom is 0.243 e. The van der Waals surface area contributed by atoms with Crippen LogP contribution in [0.4, 0.5) is 0 Å². The summed E-state index contributed by atoms with van der Waals surface area (Å²) >= 11 is 1.42. The highest BCUT2D eigenvalue weighted by Gasteiger charge is 2.39. The minimum atomic E-state index is -0.910. The van der Waals surface area contributed by atoms with Crippen LogP contribution < -0.4 is 5.32 Å². The summed E-state index contributed by atoms with van der Waals surface area (Å²) in [6.07, 6.45) is 0. The summed E-state index contributed by atoms with van der Waals surface area (Å²) in [6, 6.07) is 21.8. The van der Waals surface area contributed by atoms with Crippen LogP contribution >= 0.6 is 11.8 Å². The zero-order valence-electron chi connectivity index (χ0n) is 14.3. The standard InChI is InChI=1S/C21H17N3OS/c1-14-7-5-6-10-16(14)19-17(11-22)20(25)24-21(18(19)12-23)26-13-15-8-3-2-4-9-15/h2-10,17,19H,13H2,1H3,(H,24,25)/t17-,19-/m0/s1. The van der Waals surface area contributed by atoms with Crippen LogP contribution in [0.2, 0.25) is 0 Å². The number of carbonyl (C=O) groups excluding carboxylic acids is 1. The van der Waals surface area contributed by atoms with Gasteiger partial charge in [-0.05, 0) is 23.6 Å². The van der Waals surface area contributed by atoms with Crippen molar-refractivity contribution in [1.29, 1.82) is 10.5 Å². The summed E-state index contributed by atoms with van der Waals surface area (Å²) < 4.78 is 0. The lowest BCUT2D eigenvalue weighted by Crippen LogP contribution is -2.39. The van der Waals surface area contributed by atoms with Gasteiger partial charge in [-0.15, -0.1) is 11.8 Å². The average Bonchev–Trinajstić information content (AvgIpc) is 2.67. The van der Waals surface area contributed by atoms with Gasteiger partial charge in [0.1, 0.15) is 5.92 Å². The normalized spacial score (nSPS) is 19.4. The Morgan fingerprint density at radius 2 is 1.77 bits per heavy atom. The molecule has 1 aliphatic heterocycles. The summed E-state index contributed by atoms with van der Waals surface area (Å²) in [4.78, 5) is 12.5. The first-order valence-electron chi connectivity index (χ1n) is 8.22. The first kappa shape index (κ1) is 17.8. The van der Waals surface area contributed by atoms with Crippen LogP contribution in [0.1, 0.15) is 22.6 Å². The van der Waals surface area contributed by atoms with Gasteiger partial charge in [-0.1, -0.05) is 54.6 Å². The number of benzene rings is 2. The highest BCUT2D eigenvalue weighted by molar-refractivity contribution is 8.02. The van der Waals surface area contributed by atoms with E-state index in [0.717, 1.165) is 16.7 Å². The second-order valence-electron chi connectivity index (χ2n) is 6.06. The Kier molecular flexibility index (Phi) is 5.41. The minimum Gasteiger partial charge on any atom is -0.319 e. The van der Waals surface area contributed by atoms with Gasteiger partial charge in [0.2, 0.25) is 5.91 Å². The van der Waals surface area contributed by atoms with Crippen molar-refractivity contribution in [2.45, 2.75) is 18.6 Å². The largest absolute Gasteiger partial charge is 0.319 e. The summed E-state index contributed by atoms with van der Waals surface area (Å²) in [5.74, 6) is -1.17. The van der Waals surface area contributed by atoms with E-state index in [0.29, 0.717) is 16.4 Å². The van der Waals surface area contributed by atoms with Gasteiger partial charge in [0.05, 0.1) is 22.7 Å². The molecule has 0 aromatic heterocycles.